The maximum Gasteiger partial charge on any atom is 0.335 e. The first-order valence-corrected chi connectivity index (χ1v) is 5.53. The number of aromatic nitrogens is 1. The molecule has 2 aromatic rings. The molecule has 1 heterocycles. The molecule has 18 heavy (non-hydrogen) atoms. The molecule has 5 heteroatoms. The average Bonchev–Trinajstić information content (AvgIpc) is 2.81. The van der Waals surface area contributed by atoms with Gasteiger partial charge in [-0.1, -0.05) is 0 Å². The van der Waals surface area contributed by atoms with Crippen molar-refractivity contribution in [2.75, 3.05) is 17.7 Å². The number of aromatic amines is 1. The topological polar surface area (TPSA) is 82.3 Å². The number of carbonyl (C=O) groups is 1. The predicted molar refractivity (Wildman–Crippen MR) is 70.7 cm³/mol. The first-order chi connectivity index (χ1) is 8.58. The van der Waals surface area contributed by atoms with Gasteiger partial charge in [0.15, 0.2) is 0 Å². The minimum atomic E-state index is -0.971. The zero-order chi connectivity index (χ0) is 13.1. The van der Waals surface area contributed by atoms with Gasteiger partial charge in [0, 0.05) is 26.0 Å². The number of H-pyrrole nitrogens is 1. The van der Waals surface area contributed by atoms with Crippen LogP contribution in [0.1, 0.15) is 15.9 Å². The smallest absolute Gasteiger partial charge is 0.335 e. The highest BCUT2D eigenvalue weighted by atomic mass is 16.4. The highest BCUT2D eigenvalue weighted by Gasteiger charge is 2.10. The summed E-state index contributed by atoms with van der Waals surface area (Å²) in [4.78, 5) is 15.8. The number of nitrogen functional groups attached to an aromatic ring is 1. The van der Waals surface area contributed by atoms with Gasteiger partial charge in [-0.3, -0.25) is 0 Å². The molecule has 94 valence electrons. The molecule has 0 fully saturated rings. The summed E-state index contributed by atoms with van der Waals surface area (Å²) in [6.07, 6.45) is 3.78. The second-order valence-corrected chi connectivity index (χ2v) is 4.15. The predicted octanol–water partition coefficient (Wildman–Crippen LogP) is 1.93. The van der Waals surface area contributed by atoms with Crippen molar-refractivity contribution < 1.29 is 9.90 Å². The lowest BCUT2D eigenvalue weighted by Gasteiger charge is -2.20. The van der Waals surface area contributed by atoms with Crippen molar-refractivity contribution in [1.82, 2.24) is 4.98 Å². The van der Waals surface area contributed by atoms with Crippen LogP contribution in [0.5, 0.6) is 0 Å². The zero-order valence-corrected chi connectivity index (χ0v) is 10.1. The Morgan fingerprint density at radius 3 is 2.78 bits per heavy atom. The van der Waals surface area contributed by atoms with Crippen molar-refractivity contribution >= 4 is 17.3 Å². The van der Waals surface area contributed by atoms with Crippen LogP contribution in [-0.2, 0) is 6.54 Å². The molecule has 0 atom stereocenters. The van der Waals surface area contributed by atoms with E-state index in [1.165, 1.54) is 6.07 Å². The first kappa shape index (κ1) is 12.0. The second kappa shape index (κ2) is 4.83. The molecule has 4 N–H and O–H groups in total. The molecule has 0 saturated carbocycles. The normalized spacial score (nSPS) is 10.3. The fourth-order valence-corrected chi connectivity index (χ4v) is 1.85. The molecule has 0 aliphatic rings. The minimum Gasteiger partial charge on any atom is -0.478 e. The first-order valence-electron chi connectivity index (χ1n) is 5.53. The lowest BCUT2D eigenvalue weighted by molar-refractivity contribution is 0.0697. The standard InChI is InChI=1S/C13H15N3O2/c1-16(8-9-4-5-15-7-9)12-3-2-10(13(17)18)6-11(12)14/h2-7,15H,8,14H2,1H3,(H,17,18). The van der Waals surface area contributed by atoms with Gasteiger partial charge < -0.3 is 20.7 Å². The Bertz CT molecular complexity index is 549. The van der Waals surface area contributed by atoms with Crippen molar-refractivity contribution in [3.8, 4) is 0 Å². The van der Waals surface area contributed by atoms with Crippen LogP contribution in [0, 0.1) is 0 Å². The van der Waals surface area contributed by atoms with E-state index in [1.807, 2.05) is 30.4 Å². The van der Waals surface area contributed by atoms with E-state index in [2.05, 4.69) is 4.98 Å². The molecule has 0 saturated heterocycles. The van der Waals surface area contributed by atoms with E-state index in [0.717, 1.165) is 11.3 Å². The fraction of sp³-hybridized carbons (Fsp3) is 0.154. The maximum atomic E-state index is 10.8. The molecular weight excluding hydrogens is 230 g/mol. The number of hydrogen-bond acceptors (Lipinski definition) is 3. The van der Waals surface area contributed by atoms with Crippen LogP contribution in [-0.4, -0.2) is 23.1 Å². The van der Waals surface area contributed by atoms with Crippen LogP contribution >= 0.6 is 0 Å². The number of benzene rings is 1. The molecule has 0 unspecified atom stereocenters. The Morgan fingerprint density at radius 1 is 1.44 bits per heavy atom. The second-order valence-electron chi connectivity index (χ2n) is 4.15. The number of anilines is 2. The van der Waals surface area contributed by atoms with Crippen LogP contribution < -0.4 is 10.6 Å². The van der Waals surface area contributed by atoms with Gasteiger partial charge in [0.25, 0.3) is 0 Å². The third-order valence-electron chi connectivity index (χ3n) is 2.77. The summed E-state index contributed by atoms with van der Waals surface area (Å²) in [6, 6.07) is 6.75. The Labute approximate surface area is 105 Å². The van der Waals surface area contributed by atoms with Crippen LogP contribution in [0.25, 0.3) is 0 Å². The number of rotatable bonds is 4. The zero-order valence-electron chi connectivity index (χ0n) is 10.1. The van der Waals surface area contributed by atoms with Crippen molar-refractivity contribution in [3.63, 3.8) is 0 Å². The molecular formula is C13H15N3O2. The molecule has 0 aliphatic carbocycles. The Morgan fingerprint density at radius 2 is 2.22 bits per heavy atom. The summed E-state index contributed by atoms with van der Waals surface area (Å²) in [5, 5.41) is 8.87. The largest absolute Gasteiger partial charge is 0.478 e. The van der Waals surface area contributed by atoms with E-state index < -0.39 is 5.97 Å². The molecule has 0 spiro atoms. The molecule has 1 aromatic heterocycles. The number of nitrogens with one attached hydrogen (secondary N) is 1. The molecule has 5 nitrogen and oxygen atoms in total. The summed E-state index contributed by atoms with van der Waals surface area (Å²) in [7, 11) is 1.92. The Hall–Kier alpha value is -2.43. The molecule has 0 radical (unpaired) electrons. The number of nitrogens with two attached hydrogens (primary N) is 1. The van der Waals surface area contributed by atoms with Gasteiger partial charge >= 0.3 is 5.97 Å². The summed E-state index contributed by atoms with van der Waals surface area (Å²) in [6.45, 7) is 0.708. The SMILES string of the molecule is CN(Cc1cc[nH]c1)c1ccc(C(=O)O)cc1N. The van der Waals surface area contributed by atoms with Gasteiger partial charge in [0.05, 0.1) is 16.9 Å². The summed E-state index contributed by atoms with van der Waals surface area (Å²) in [5.74, 6) is -0.971. The van der Waals surface area contributed by atoms with E-state index in [1.54, 1.807) is 12.1 Å². The van der Waals surface area contributed by atoms with Crippen molar-refractivity contribution in [3.05, 3.63) is 47.8 Å². The van der Waals surface area contributed by atoms with Gasteiger partial charge in [-0.2, -0.15) is 0 Å². The number of hydrogen-bond donors (Lipinski definition) is 3. The van der Waals surface area contributed by atoms with Gasteiger partial charge in [-0.15, -0.1) is 0 Å². The maximum absolute atomic E-state index is 10.8. The van der Waals surface area contributed by atoms with E-state index in [4.69, 9.17) is 10.8 Å². The molecule has 2 rings (SSSR count). The van der Waals surface area contributed by atoms with Crippen LogP contribution in [0.2, 0.25) is 0 Å². The Kier molecular flexibility index (Phi) is 3.23. The monoisotopic (exact) mass is 245 g/mol. The highest BCUT2D eigenvalue weighted by Crippen LogP contribution is 2.24. The lowest BCUT2D eigenvalue weighted by Crippen LogP contribution is -2.17. The van der Waals surface area contributed by atoms with Gasteiger partial charge in [-0.25, -0.2) is 4.79 Å². The molecule has 1 aromatic carbocycles. The van der Waals surface area contributed by atoms with E-state index in [-0.39, 0.29) is 5.56 Å². The highest BCUT2D eigenvalue weighted by molar-refractivity contribution is 5.90. The number of nitrogens with zero attached hydrogens (tertiary/aromatic N) is 1. The number of carboxylic acids is 1. The number of carboxylic acid groups (broad SMARTS) is 1. The quantitative estimate of drug-likeness (QED) is 0.719. The number of aromatic carboxylic acids is 1. The lowest BCUT2D eigenvalue weighted by atomic mass is 10.1. The third kappa shape index (κ3) is 2.45. The summed E-state index contributed by atoms with van der Waals surface area (Å²) >= 11 is 0. The average molecular weight is 245 g/mol. The molecule has 0 bridgehead atoms. The van der Waals surface area contributed by atoms with Crippen molar-refractivity contribution in [2.45, 2.75) is 6.54 Å². The van der Waals surface area contributed by atoms with E-state index in [9.17, 15) is 4.79 Å². The van der Waals surface area contributed by atoms with Gasteiger partial charge in [-0.05, 0) is 29.8 Å². The van der Waals surface area contributed by atoms with Crippen LogP contribution in [0.4, 0.5) is 11.4 Å². The van der Waals surface area contributed by atoms with Crippen LogP contribution in [0.15, 0.2) is 36.7 Å². The van der Waals surface area contributed by atoms with Gasteiger partial charge in [0.2, 0.25) is 0 Å². The van der Waals surface area contributed by atoms with Crippen molar-refractivity contribution in [1.29, 1.82) is 0 Å². The van der Waals surface area contributed by atoms with Crippen molar-refractivity contribution in [2.24, 2.45) is 0 Å². The molecule has 0 amide bonds. The Balaban J connectivity index is 2.20. The van der Waals surface area contributed by atoms with E-state index in [0.29, 0.717) is 12.2 Å². The third-order valence-corrected chi connectivity index (χ3v) is 2.77. The summed E-state index contributed by atoms with van der Waals surface area (Å²) in [5.41, 5.74) is 8.50. The fourth-order valence-electron chi connectivity index (χ4n) is 1.85. The van der Waals surface area contributed by atoms with E-state index >= 15 is 0 Å². The van der Waals surface area contributed by atoms with Crippen LogP contribution in [0.3, 0.4) is 0 Å². The van der Waals surface area contributed by atoms with Gasteiger partial charge in [0.1, 0.15) is 0 Å². The minimum absolute atomic E-state index is 0.200. The molecule has 0 aliphatic heterocycles. The summed E-state index contributed by atoms with van der Waals surface area (Å²) < 4.78 is 0.